The Morgan fingerprint density at radius 1 is 0.926 bits per heavy atom. The summed E-state index contributed by atoms with van der Waals surface area (Å²) in [6.07, 6.45) is 0. The Labute approximate surface area is 154 Å². The van der Waals surface area contributed by atoms with E-state index in [0.717, 1.165) is 0 Å². The van der Waals surface area contributed by atoms with Gasteiger partial charge in [-0.1, -0.05) is 12.1 Å². The Morgan fingerprint density at radius 3 is 2.19 bits per heavy atom. The minimum Gasteiger partial charge on any atom is -0.497 e. The van der Waals surface area contributed by atoms with Gasteiger partial charge in [0, 0.05) is 19.2 Å². The minimum atomic E-state index is -0.641. The molecule has 0 radical (unpaired) electrons. The lowest BCUT2D eigenvalue weighted by molar-refractivity contribution is -0.134. The van der Waals surface area contributed by atoms with Gasteiger partial charge >= 0.3 is 17.6 Å². The summed E-state index contributed by atoms with van der Waals surface area (Å²) in [5.74, 6) is -0.705. The Bertz CT molecular complexity index is 1080. The second-order valence-electron chi connectivity index (χ2n) is 5.67. The zero-order valence-electron chi connectivity index (χ0n) is 14.9. The average molecular weight is 368 g/mol. The molecule has 0 aliphatic heterocycles. The first kappa shape index (κ1) is 18.2. The van der Waals surface area contributed by atoms with E-state index in [2.05, 4.69) is 0 Å². The number of fused-ring (bicyclic) bond motifs is 1. The quantitative estimate of drug-likeness (QED) is 0.396. The molecule has 27 heavy (non-hydrogen) atoms. The number of benzene rings is 2. The number of carbonyl (C=O) groups is 2. The van der Waals surface area contributed by atoms with E-state index < -0.39 is 17.6 Å². The predicted molar refractivity (Wildman–Crippen MR) is 97.1 cm³/mol. The molecule has 0 bridgehead atoms. The van der Waals surface area contributed by atoms with Crippen molar-refractivity contribution in [3.05, 3.63) is 52.9 Å². The number of ether oxygens (including phenoxy) is 3. The highest BCUT2D eigenvalue weighted by atomic mass is 16.6. The maximum Gasteiger partial charge on any atom is 0.344 e. The van der Waals surface area contributed by atoms with E-state index in [9.17, 15) is 14.4 Å². The lowest BCUT2D eigenvalue weighted by Gasteiger charge is -2.11. The van der Waals surface area contributed by atoms with Crippen LogP contribution >= 0.6 is 0 Å². The Hall–Kier alpha value is -3.61. The number of rotatable bonds is 4. The first-order valence-electron chi connectivity index (χ1n) is 8.01. The maximum atomic E-state index is 12.5. The highest BCUT2D eigenvalue weighted by Gasteiger charge is 2.19. The molecule has 0 aliphatic carbocycles. The summed E-state index contributed by atoms with van der Waals surface area (Å²) < 4.78 is 20.7. The molecule has 0 unspecified atom stereocenters. The van der Waals surface area contributed by atoms with E-state index in [1.807, 2.05) is 0 Å². The molecular formula is C20H16O7. The molecule has 0 spiro atoms. The van der Waals surface area contributed by atoms with Crippen LogP contribution in [0.1, 0.15) is 13.8 Å². The highest BCUT2D eigenvalue weighted by Crippen LogP contribution is 2.36. The normalized spacial score (nSPS) is 10.5. The lowest BCUT2D eigenvalue weighted by atomic mass is 10.1. The van der Waals surface area contributed by atoms with Crippen molar-refractivity contribution in [2.45, 2.75) is 13.8 Å². The molecule has 7 nitrogen and oxygen atoms in total. The van der Waals surface area contributed by atoms with Gasteiger partial charge in [-0.3, -0.25) is 9.59 Å². The van der Waals surface area contributed by atoms with E-state index >= 15 is 0 Å². The van der Waals surface area contributed by atoms with Crippen LogP contribution in [0, 0.1) is 0 Å². The van der Waals surface area contributed by atoms with Crippen molar-refractivity contribution in [2.75, 3.05) is 7.11 Å². The van der Waals surface area contributed by atoms with Gasteiger partial charge in [0.05, 0.1) is 12.7 Å². The fourth-order valence-electron chi connectivity index (χ4n) is 2.59. The number of hydrogen-bond acceptors (Lipinski definition) is 7. The smallest absolute Gasteiger partial charge is 0.344 e. The number of carbonyl (C=O) groups excluding carboxylic acids is 2. The van der Waals surface area contributed by atoms with Crippen LogP contribution in [0.15, 0.2) is 51.7 Å². The molecule has 0 aliphatic rings. The second-order valence-corrected chi connectivity index (χ2v) is 5.67. The van der Waals surface area contributed by atoms with Crippen LogP contribution in [-0.2, 0) is 9.59 Å². The summed E-state index contributed by atoms with van der Waals surface area (Å²) in [5, 5.41) is 0.507. The maximum absolute atomic E-state index is 12.5. The molecule has 3 aromatic rings. The molecule has 138 valence electrons. The minimum absolute atomic E-state index is 0.00875. The summed E-state index contributed by atoms with van der Waals surface area (Å²) in [4.78, 5) is 35.2. The van der Waals surface area contributed by atoms with Crippen molar-refractivity contribution >= 4 is 22.9 Å². The van der Waals surface area contributed by atoms with Crippen molar-refractivity contribution < 1.29 is 28.2 Å². The van der Waals surface area contributed by atoms with Crippen LogP contribution in [-0.4, -0.2) is 19.0 Å². The van der Waals surface area contributed by atoms with Crippen LogP contribution in [0.25, 0.3) is 22.1 Å². The van der Waals surface area contributed by atoms with Crippen LogP contribution in [0.4, 0.5) is 0 Å². The first-order valence-corrected chi connectivity index (χ1v) is 8.01. The van der Waals surface area contributed by atoms with Gasteiger partial charge in [-0.25, -0.2) is 4.79 Å². The van der Waals surface area contributed by atoms with Gasteiger partial charge in [0.2, 0.25) is 5.75 Å². The SMILES string of the molecule is COc1ccc(-c2cc3ccc(OC(C)=O)c(OC(C)=O)c3oc2=O)cc1. The van der Waals surface area contributed by atoms with E-state index in [-0.39, 0.29) is 17.1 Å². The third kappa shape index (κ3) is 3.82. The summed E-state index contributed by atoms with van der Waals surface area (Å²) in [6.45, 7) is 2.41. The van der Waals surface area contributed by atoms with Gasteiger partial charge in [-0.15, -0.1) is 0 Å². The van der Waals surface area contributed by atoms with E-state index in [1.54, 1.807) is 43.5 Å². The number of methoxy groups -OCH3 is 1. The molecular weight excluding hydrogens is 352 g/mol. The molecule has 0 N–H and O–H groups in total. The van der Waals surface area contributed by atoms with Gasteiger partial charge in [0.15, 0.2) is 11.3 Å². The zero-order valence-corrected chi connectivity index (χ0v) is 14.9. The van der Waals surface area contributed by atoms with Crippen LogP contribution < -0.4 is 19.8 Å². The molecule has 3 rings (SSSR count). The number of hydrogen-bond donors (Lipinski definition) is 0. The van der Waals surface area contributed by atoms with E-state index in [4.69, 9.17) is 18.6 Å². The topological polar surface area (TPSA) is 92.0 Å². The van der Waals surface area contributed by atoms with Crippen molar-refractivity contribution in [3.63, 3.8) is 0 Å². The first-order chi connectivity index (χ1) is 12.9. The number of esters is 2. The van der Waals surface area contributed by atoms with Gasteiger partial charge in [0.1, 0.15) is 5.75 Å². The van der Waals surface area contributed by atoms with Crippen molar-refractivity contribution in [1.29, 1.82) is 0 Å². The molecule has 1 aromatic heterocycles. The summed E-state index contributed by atoms with van der Waals surface area (Å²) >= 11 is 0. The molecule has 1 heterocycles. The van der Waals surface area contributed by atoms with E-state index in [1.165, 1.54) is 19.9 Å². The van der Waals surface area contributed by atoms with Gasteiger partial charge in [-0.05, 0) is 35.9 Å². The Balaban J connectivity index is 2.19. The Morgan fingerprint density at radius 2 is 1.59 bits per heavy atom. The van der Waals surface area contributed by atoms with Gasteiger partial charge < -0.3 is 18.6 Å². The molecule has 0 atom stereocenters. The zero-order chi connectivity index (χ0) is 19.6. The fourth-order valence-corrected chi connectivity index (χ4v) is 2.59. The van der Waals surface area contributed by atoms with Crippen LogP contribution in [0.3, 0.4) is 0 Å². The van der Waals surface area contributed by atoms with Crippen LogP contribution in [0.5, 0.6) is 17.2 Å². The molecule has 0 amide bonds. The molecule has 0 fully saturated rings. The lowest BCUT2D eigenvalue weighted by Crippen LogP contribution is -2.09. The Kier molecular flexibility index (Phi) is 4.94. The summed E-state index contributed by atoms with van der Waals surface area (Å²) in [5.41, 5.74) is 0.371. The third-order valence-electron chi connectivity index (χ3n) is 3.72. The predicted octanol–water partition coefficient (Wildman–Crippen LogP) is 3.32. The van der Waals surface area contributed by atoms with Gasteiger partial charge in [-0.2, -0.15) is 0 Å². The fraction of sp³-hybridized carbons (Fsp3) is 0.150. The van der Waals surface area contributed by atoms with Crippen molar-refractivity contribution in [3.8, 4) is 28.4 Å². The van der Waals surface area contributed by atoms with Crippen LogP contribution in [0.2, 0.25) is 0 Å². The summed E-state index contributed by atoms with van der Waals surface area (Å²) in [7, 11) is 1.55. The molecule has 0 saturated carbocycles. The standard InChI is InChI=1S/C20H16O7/c1-11(21)25-17-9-6-14-10-16(13-4-7-15(24-3)8-5-13)20(23)27-18(14)19(17)26-12(2)22/h4-10H,1-3H3. The molecule has 2 aromatic carbocycles. The van der Waals surface area contributed by atoms with Gasteiger partial charge in [0.25, 0.3) is 0 Å². The monoisotopic (exact) mass is 368 g/mol. The molecule has 7 heteroatoms. The highest BCUT2D eigenvalue weighted by molar-refractivity contribution is 5.91. The second kappa shape index (κ2) is 7.33. The van der Waals surface area contributed by atoms with Crippen molar-refractivity contribution in [2.24, 2.45) is 0 Å². The van der Waals surface area contributed by atoms with E-state index in [0.29, 0.717) is 22.3 Å². The van der Waals surface area contributed by atoms with Crippen molar-refractivity contribution in [1.82, 2.24) is 0 Å². The summed E-state index contributed by atoms with van der Waals surface area (Å²) in [6, 6.07) is 11.6. The largest absolute Gasteiger partial charge is 0.497 e. The average Bonchev–Trinajstić information content (AvgIpc) is 2.63. The third-order valence-corrected chi connectivity index (χ3v) is 3.72. The molecule has 0 saturated heterocycles.